The van der Waals surface area contributed by atoms with E-state index in [0.29, 0.717) is 34.9 Å². The van der Waals surface area contributed by atoms with Gasteiger partial charge in [0.15, 0.2) is 16.6 Å². The molecule has 1 atom stereocenters. The Kier molecular flexibility index (Phi) is 10.4. The second-order valence-corrected chi connectivity index (χ2v) is 13.8. The van der Waals surface area contributed by atoms with Gasteiger partial charge < -0.3 is 25.7 Å². The zero-order valence-corrected chi connectivity index (χ0v) is 25.5. The summed E-state index contributed by atoms with van der Waals surface area (Å²) in [7, 11) is 0. The molecule has 2 fully saturated rings. The number of carbonyl (C=O) groups excluding carboxylic acids is 1. The summed E-state index contributed by atoms with van der Waals surface area (Å²) in [5, 5.41) is 26.0. The highest BCUT2D eigenvalue weighted by atomic mass is 32.2. The Labute approximate surface area is 254 Å². The molecular weight excluding hydrogens is 576 g/mol. The first kappa shape index (κ1) is 30.8. The van der Waals surface area contributed by atoms with Gasteiger partial charge in [-0.25, -0.2) is 19.3 Å². The Morgan fingerprint density at radius 2 is 1.95 bits per heavy atom. The van der Waals surface area contributed by atoms with Crippen molar-refractivity contribution < 1.29 is 19.4 Å². The van der Waals surface area contributed by atoms with E-state index in [-0.39, 0.29) is 17.7 Å². The number of amides is 1. The summed E-state index contributed by atoms with van der Waals surface area (Å²) in [6.07, 6.45) is 11.8. The molecule has 1 aliphatic carbocycles. The number of aliphatic hydroxyl groups excluding tert-OH is 2. The lowest BCUT2D eigenvalue weighted by molar-refractivity contribution is 0.00182. The predicted octanol–water partition coefficient (Wildman–Crippen LogP) is 5.02. The van der Waals surface area contributed by atoms with Crippen LogP contribution in [0.1, 0.15) is 61.0 Å². The van der Waals surface area contributed by atoms with Crippen molar-refractivity contribution >= 4 is 40.0 Å². The van der Waals surface area contributed by atoms with Gasteiger partial charge in [0, 0.05) is 25.5 Å². The molecule has 3 aromatic rings. The van der Waals surface area contributed by atoms with Crippen LogP contribution in [0.25, 0.3) is 0 Å². The molecule has 1 unspecified atom stereocenters. The number of β-amino-alcohol motifs (C(OH)–C–C–N with tert-alkyl or cyclic N) is 1. The molecular formula is C30H39FN6O3S2. The molecule has 0 aromatic carbocycles. The Morgan fingerprint density at radius 3 is 2.69 bits per heavy atom. The number of aromatic nitrogens is 3. The lowest BCUT2D eigenvalue weighted by atomic mass is 9.63. The second kappa shape index (κ2) is 14.2. The van der Waals surface area contributed by atoms with Crippen LogP contribution in [-0.4, -0.2) is 74.9 Å². The fourth-order valence-corrected chi connectivity index (χ4v) is 8.04. The van der Waals surface area contributed by atoms with E-state index in [4.69, 9.17) is 0 Å². The van der Waals surface area contributed by atoms with Gasteiger partial charge >= 0.3 is 0 Å². The van der Waals surface area contributed by atoms with Crippen molar-refractivity contribution in [2.75, 3.05) is 38.1 Å². The third-order valence-electron chi connectivity index (χ3n) is 8.52. The van der Waals surface area contributed by atoms with Crippen LogP contribution in [0.3, 0.4) is 0 Å². The lowest BCUT2D eigenvalue weighted by Gasteiger charge is -2.48. The molecule has 12 heteroatoms. The standard InChI is InChI=1S/C30H39FN6O3S2/c1-20-7-11-32-24(15-20)36-29-34-16-25(42-29)41-23-8-12-33-27(26(23)31)28(40)35-19-30(21-5-3-2-4-6-21)9-13-37(14-10-30)17-22(39)18-38/h7-8,11-12,15-16,21-22,38-39H,2-6,9-10,13-14,17-19H2,1H3,(H,35,40)(H,32,34,36). The second-order valence-electron chi connectivity index (χ2n) is 11.4. The van der Waals surface area contributed by atoms with Crippen molar-refractivity contribution in [2.24, 2.45) is 11.3 Å². The highest BCUT2D eigenvalue weighted by molar-refractivity contribution is 8.01. The number of rotatable bonds is 11. The maximum atomic E-state index is 15.6. The summed E-state index contributed by atoms with van der Waals surface area (Å²) < 4.78 is 16.4. The fourth-order valence-electron chi connectivity index (χ4n) is 6.17. The molecule has 42 heavy (non-hydrogen) atoms. The summed E-state index contributed by atoms with van der Waals surface area (Å²) in [6, 6.07) is 5.41. The van der Waals surface area contributed by atoms with Crippen LogP contribution >= 0.6 is 23.1 Å². The summed E-state index contributed by atoms with van der Waals surface area (Å²) in [6.45, 7) is 4.26. The molecule has 5 rings (SSSR count). The number of halogens is 1. The third kappa shape index (κ3) is 7.65. The molecule has 9 nitrogen and oxygen atoms in total. The Bertz CT molecular complexity index is 1340. The van der Waals surface area contributed by atoms with Crippen LogP contribution in [0.2, 0.25) is 0 Å². The fraction of sp³-hybridized carbons (Fsp3) is 0.533. The molecule has 3 aromatic heterocycles. The first-order valence-electron chi connectivity index (χ1n) is 14.6. The number of likely N-dealkylation sites (tertiary alicyclic amines) is 1. The molecule has 1 saturated heterocycles. The monoisotopic (exact) mass is 614 g/mol. The highest BCUT2D eigenvalue weighted by Gasteiger charge is 2.42. The van der Waals surface area contributed by atoms with Crippen LogP contribution in [-0.2, 0) is 0 Å². The Hall–Kier alpha value is -2.64. The van der Waals surface area contributed by atoms with Gasteiger partial charge in [-0.3, -0.25) is 4.79 Å². The van der Waals surface area contributed by atoms with Crippen LogP contribution in [0.4, 0.5) is 15.3 Å². The zero-order valence-electron chi connectivity index (χ0n) is 23.9. The van der Waals surface area contributed by atoms with Gasteiger partial charge in [0.2, 0.25) is 0 Å². The molecule has 226 valence electrons. The number of anilines is 2. The van der Waals surface area contributed by atoms with Gasteiger partial charge in [0.05, 0.1) is 28.0 Å². The summed E-state index contributed by atoms with van der Waals surface area (Å²) in [5.41, 5.74) is 0.808. The molecule has 4 heterocycles. The van der Waals surface area contributed by atoms with Gasteiger partial charge in [-0.15, -0.1) is 0 Å². The maximum absolute atomic E-state index is 15.6. The number of aliphatic hydroxyl groups is 2. The average molecular weight is 615 g/mol. The van der Waals surface area contributed by atoms with Crippen molar-refractivity contribution in [1.29, 1.82) is 0 Å². The van der Waals surface area contributed by atoms with E-state index in [0.717, 1.165) is 48.5 Å². The summed E-state index contributed by atoms with van der Waals surface area (Å²) in [4.78, 5) is 28.6. The lowest BCUT2D eigenvalue weighted by Crippen LogP contribution is -2.51. The number of hydrogen-bond acceptors (Lipinski definition) is 10. The minimum Gasteiger partial charge on any atom is -0.394 e. The molecule has 1 amide bonds. The van der Waals surface area contributed by atoms with Gasteiger partial charge in [-0.05, 0) is 80.8 Å². The maximum Gasteiger partial charge on any atom is 0.272 e. The molecule has 4 N–H and O–H groups in total. The minimum atomic E-state index is -0.746. The number of pyridine rings is 2. The molecule has 0 bridgehead atoms. The first-order chi connectivity index (χ1) is 20.3. The van der Waals surface area contributed by atoms with Gasteiger partial charge in [0.25, 0.3) is 5.91 Å². The van der Waals surface area contributed by atoms with E-state index in [9.17, 15) is 15.0 Å². The van der Waals surface area contributed by atoms with Crippen molar-refractivity contribution in [3.63, 3.8) is 0 Å². The third-order valence-corrected chi connectivity index (χ3v) is 10.6. The van der Waals surface area contributed by atoms with Crippen molar-refractivity contribution in [1.82, 2.24) is 25.2 Å². The van der Waals surface area contributed by atoms with Crippen LogP contribution in [0, 0.1) is 24.1 Å². The average Bonchev–Trinajstić information content (AvgIpc) is 3.44. The van der Waals surface area contributed by atoms with Crippen LogP contribution in [0.15, 0.2) is 45.9 Å². The van der Waals surface area contributed by atoms with Gasteiger partial charge in [0.1, 0.15) is 5.82 Å². The SMILES string of the molecule is Cc1ccnc(Nc2ncc(Sc3ccnc(C(=O)NCC4(C5CCCCC5)CCN(CC(O)CO)CC4)c3F)s2)c1. The van der Waals surface area contributed by atoms with Crippen molar-refractivity contribution in [3.8, 4) is 0 Å². The normalized spacial score (nSPS) is 18.5. The summed E-state index contributed by atoms with van der Waals surface area (Å²) in [5.74, 6) is 0.0536. The topological polar surface area (TPSA) is 124 Å². The number of piperidine rings is 1. The largest absolute Gasteiger partial charge is 0.394 e. The predicted molar refractivity (Wildman–Crippen MR) is 163 cm³/mol. The highest BCUT2D eigenvalue weighted by Crippen LogP contribution is 2.45. The Morgan fingerprint density at radius 1 is 1.19 bits per heavy atom. The van der Waals surface area contributed by atoms with E-state index < -0.39 is 17.8 Å². The number of aryl methyl sites for hydroxylation is 1. The van der Waals surface area contributed by atoms with Gasteiger partial charge in [-0.2, -0.15) is 0 Å². The zero-order chi connectivity index (χ0) is 29.5. The number of nitrogens with one attached hydrogen (secondary N) is 2. The van der Waals surface area contributed by atoms with E-state index >= 15 is 4.39 Å². The Balaban J connectivity index is 1.23. The number of thiazole rings is 1. The van der Waals surface area contributed by atoms with Crippen LogP contribution in [0.5, 0.6) is 0 Å². The smallest absolute Gasteiger partial charge is 0.272 e. The van der Waals surface area contributed by atoms with E-state index in [1.807, 2.05) is 19.1 Å². The van der Waals surface area contributed by atoms with E-state index in [1.54, 1.807) is 18.5 Å². The van der Waals surface area contributed by atoms with E-state index in [1.165, 1.54) is 48.6 Å². The molecule has 1 aliphatic heterocycles. The number of hydrogen-bond donors (Lipinski definition) is 4. The number of carbonyl (C=O) groups is 1. The van der Waals surface area contributed by atoms with Crippen molar-refractivity contribution in [3.05, 3.63) is 53.9 Å². The molecule has 0 spiro atoms. The van der Waals surface area contributed by atoms with E-state index in [2.05, 4.69) is 30.5 Å². The van der Waals surface area contributed by atoms with Crippen molar-refractivity contribution in [2.45, 2.75) is 67.1 Å². The molecule has 2 aliphatic rings. The van der Waals surface area contributed by atoms with Gasteiger partial charge in [-0.1, -0.05) is 42.4 Å². The summed E-state index contributed by atoms with van der Waals surface area (Å²) >= 11 is 2.59. The minimum absolute atomic E-state index is 0.0717. The molecule has 0 radical (unpaired) electrons. The first-order valence-corrected chi connectivity index (χ1v) is 16.3. The quantitative estimate of drug-likeness (QED) is 0.236. The molecule has 1 saturated carbocycles. The number of nitrogens with zero attached hydrogens (tertiary/aromatic N) is 4. The van der Waals surface area contributed by atoms with Crippen LogP contribution < -0.4 is 10.6 Å².